The minimum absolute atomic E-state index is 0.234. The van der Waals surface area contributed by atoms with Gasteiger partial charge in [0.25, 0.3) is 0 Å². The molecule has 1 aromatic carbocycles. The van der Waals surface area contributed by atoms with Gasteiger partial charge in [0.2, 0.25) is 5.91 Å². The standard InChI is InChI=1S/C12H13BrN2O/c1-2-4-9(8-14)12(16)15-11-6-3-5-10(13)7-11/h3,5-7,9H,2,4H2,1H3,(H,15,16). The van der Waals surface area contributed by atoms with E-state index < -0.39 is 5.92 Å². The maximum Gasteiger partial charge on any atom is 0.241 e. The Bertz CT molecular complexity index is 412. The van der Waals surface area contributed by atoms with Gasteiger partial charge < -0.3 is 5.32 Å². The Balaban J connectivity index is 2.67. The Morgan fingerprint density at radius 2 is 2.38 bits per heavy atom. The molecule has 1 aromatic rings. The first-order valence-electron chi connectivity index (χ1n) is 5.13. The molecule has 0 fully saturated rings. The summed E-state index contributed by atoms with van der Waals surface area (Å²) in [6.07, 6.45) is 1.42. The van der Waals surface area contributed by atoms with Crippen LogP contribution in [0.25, 0.3) is 0 Å². The van der Waals surface area contributed by atoms with Crippen LogP contribution in [0.1, 0.15) is 19.8 Å². The summed E-state index contributed by atoms with van der Waals surface area (Å²) >= 11 is 3.32. The summed E-state index contributed by atoms with van der Waals surface area (Å²) in [6.45, 7) is 1.96. The molecule has 0 bridgehead atoms. The van der Waals surface area contributed by atoms with E-state index in [4.69, 9.17) is 5.26 Å². The second-order valence-electron chi connectivity index (χ2n) is 3.47. The van der Waals surface area contributed by atoms with Gasteiger partial charge in [0.05, 0.1) is 6.07 Å². The summed E-state index contributed by atoms with van der Waals surface area (Å²) in [4.78, 5) is 11.7. The van der Waals surface area contributed by atoms with Gasteiger partial charge in [0, 0.05) is 10.2 Å². The lowest BCUT2D eigenvalue weighted by molar-refractivity contribution is -0.118. The number of halogens is 1. The number of rotatable bonds is 4. The third-order valence-corrected chi connectivity index (χ3v) is 2.64. The lowest BCUT2D eigenvalue weighted by atomic mass is 10.0. The molecule has 4 heteroatoms. The molecule has 0 spiro atoms. The number of hydrogen-bond donors (Lipinski definition) is 1. The van der Waals surface area contributed by atoms with Crippen LogP contribution in [0.3, 0.4) is 0 Å². The molecule has 84 valence electrons. The van der Waals surface area contributed by atoms with Crippen LogP contribution in [0.5, 0.6) is 0 Å². The Morgan fingerprint density at radius 1 is 1.62 bits per heavy atom. The second kappa shape index (κ2) is 6.29. The molecule has 0 heterocycles. The molecule has 16 heavy (non-hydrogen) atoms. The van der Waals surface area contributed by atoms with Gasteiger partial charge in [-0.25, -0.2) is 0 Å². The number of nitriles is 1. The predicted molar refractivity (Wildman–Crippen MR) is 66.8 cm³/mol. The smallest absolute Gasteiger partial charge is 0.241 e. The number of carbonyl (C=O) groups is 1. The largest absolute Gasteiger partial charge is 0.325 e. The fourth-order valence-electron chi connectivity index (χ4n) is 1.34. The number of nitrogens with zero attached hydrogens (tertiary/aromatic N) is 1. The number of amides is 1. The molecule has 0 aliphatic heterocycles. The van der Waals surface area contributed by atoms with E-state index in [-0.39, 0.29) is 5.91 Å². The first-order valence-corrected chi connectivity index (χ1v) is 5.92. The summed E-state index contributed by atoms with van der Waals surface area (Å²) in [5.41, 5.74) is 0.704. The van der Waals surface area contributed by atoms with Crippen molar-refractivity contribution < 1.29 is 4.79 Å². The van der Waals surface area contributed by atoms with Crippen molar-refractivity contribution in [3.8, 4) is 6.07 Å². The van der Waals surface area contributed by atoms with Crippen LogP contribution in [0, 0.1) is 17.2 Å². The van der Waals surface area contributed by atoms with E-state index in [0.717, 1.165) is 10.9 Å². The van der Waals surface area contributed by atoms with Crippen LogP contribution in [-0.2, 0) is 4.79 Å². The molecule has 0 aliphatic rings. The highest BCUT2D eigenvalue weighted by atomic mass is 79.9. The molecule has 0 saturated heterocycles. The van der Waals surface area contributed by atoms with E-state index in [9.17, 15) is 4.79 Å². The average Bonchev–Trinajstić information content (AvgIpc) is 2.25. The molecule has 0 radical (unpaired) electrons. The molecule has 1 amide bonds. The Kier molecular flexibility index (Phi) is 5.00. The molecular formula is C12H13BrN2O. The quantitative estimate of drug-likeness (QED) is 0.920. The number of anilines is 1. The van der Waals surface area contributed by atoms with Gasteiger partial charge in [-0.05, 0) is 24.6 Å². The van der Waals surface area contributed by atoms with E-state index >= 15 is 0 Å². The summed E-state index contributed by atoms with van der Waals surface area (Å²) in [5.74, 6) is -0.800. The van der Waals surface area contributed by atoms with E-state index in [1.807, 2.05) is 25.1 Å². The molecular weight excluding hydrogens is 268 g/mol. The van der Waals surface area contributed by atoms with Crippen molar-refractivity contribution in [2.75, 3.05) is 5.32 Å². The van der Waals surface area contributed by atoms with Crippen molar-refractivity contribution in [3.63, 3.8) is 0 Å². The van der Waals surface area contributed by atoms with E-state index in [0.29, 0.717) is 12.1 Å². The van der Waals surface area contributed by atoms with Crippen molar-refractivity contribution in [2.45, 2.75) is 19.8 Å². The van der Waals surface area contributed by atoms with Crippen LogP contribution >= 0.6 is 15.9 Å². The fourth-order valence-corrected chi connectivity index (χ4v) is 1.74. The number of hydrogen-bond acceptors (Lipinski definition) is 2. The lowest BCUT2D eigenvalue weighted by Crippen LogP contribution is -2.21. The second-order valence-corrected chi connectivity index (χ2v) is 4.39. The summed E-state index contributed by atoms with van der Waals surface area (Å²) < 4.78 is 0.897. The highest BCUT2D eigenvalue weighted by Crippen LogP contribution is 2.17. The zero-order valence-corrected chi connectivity index (χ0v) is 10.6. The van der Waals surface area contributed by atoms with Crippen molar-refractivity contribution in [1.82, 2.24) is 0 Å². The maximum atomic E-state index is 11.7. The average molecular weight is 281 g/mol. The zero-order valence-electron chi connectivity index (χ0n) is 9.03. The molecule has 1 atom stereocenters. The predicted octanol–water partition coefficient (Wildman–Crippen LogP) is 3.33. The highest BCUT2D eigenvalue weighted by molar-refractivity contribution is 9.10. The monoisotopic (exact) mass is 280 g/mol. The van der Waals surface area contributed by atoms with Gasteiger partial charge in [-0.3, -0.25) is 4.79 Å². The molecule has 1 N–H and O–H groups in total. The van der Waals surface area contributed by atoms with E-state index in [1.54, 1.807) is 12.1 Å². The summed E-state index contributed by atoms with van der Waals surface area (Å²) in [5, 5.41) is 11.6. The normalized spacial score (nSPS) is 11.6. The van der Waals surface area contributed by atoms with Crippen molar-refractivity contribution in [2.24, 2.45) is 5.92 Å². The van der Waals surface area contributed by atoms with Gasteiger partial charge in [-0.2, -0.15) is 5.26 Å². The fraction of sp³-hybridized carbons (Fsp3) is 0.333. The number of nitrogens with one attached hydrogen (secondary N) is 1. The van der Waals surface area contributed by atoms with Crippen LogP contribution < -0.4 is 5.32 Å². The van der Waals surface area contributed by atoms with Crippen LogP contribution in [-0.4, -0.2) is 5.91 Å². The van der Waals surface area contributed by atoms with E-state index in [1.165, 1.54) is 0 Å². The number of carbonyl (C=O) groups excluding carboxylic acids is 1. The lowest BCUT2D eigenvalue weighted by Gasteiger charge is -2.09. The van der Waals surface area contributed by atoms with Crippen molar-refractivity contribution in [1.29, 1.82) is 5.26 Å². The van der Waals surface area contributed by atoms with Gasteiger partial charge >= 0.3 is 0 Å². The SMILES string of the molecule is CCCC(C#N)C(=O)Nc1cccc(Br)c1. The van der Waals surface area contributed by atoms with Gasteiger partial charge in [-0.1, -0.05) is 35.3 Å². The van der Waals surface area contributed by atoms with Crippen LogP contribution in [0.4, 0.5) is 5.69 Å². The molecule has 0 saturated carbocycles. The molecule has 3 nitrogen and oxygen atoms in total. The van der Waals surface area contributed by atoms with Crippen LogP contribution in [0.2, 0.25) is 0 Å². The van der Waals surface area contributed by atoms with Crippen molar-refractivity contribution in [3.05, 3.63) is 28.7 Å². The Labute approximate surface area is 104 Å². The molecule has 1 unspecified atom stereocenters. The Hall–Kier alpha value is -1.34. The topological polar surface area (TPSA) is 52.9 Å². The van der Waals surface area contributed by atoms with Crippen LogP contribution in [0.15, 0.2) is 28.7 Å². The minimum Gasteiger partial charge on any atom is -0.325 e. The van der Waals surface area contributed by atoms with Crippen molar-refractivity contribution >= 4 is 27.5 Å². The third-order valence-electron chi connectivity index (χ3n) is 2.14. The van der Waals surface area contributed by atoms with Gasteiger partial charge in [-0.15, -0.1) is 0 Å². The first kappa shape index (κ1) is 12.7. The molecule has 0 aliphatic carbocycles. The first-order chi connectivity index (χ1) is 7.67. The number of benzene rings is 1. The van der Waals surface area contributed by atoms with Gasteiger partial charge in [0.1, 0.15) is 5.92 Å². The minimum atomic E-state index is -0.566. The summed E-state index contributed by atoms with van der Waals surface area (Å²) in [7, 11) is 0. The molecule has 1 rings (SSSR count). The third kappa shape index (κ3) is 3.67. The zero-order chi connectivity index (χ0) is 12.0. The summed E-state index contributed by atoms with van der Waals surface area (Å²) in [6, 6.07) is 9.33. The Morgan fingerprint density at radius 3 is 2.94 bits per heavy atom. The van der Waals surface area contributed by atoms with E-state index in [2.05, 4.69) is 21.2 Å². The highest BCUT2D eigenvalue weighted by Gasteiger charge is 2.16. The maximum absolute atomic E-state index is 11.7. The van der Waals surface area contributed by atoms with Gasteiger partial charge in [0.15, 0.2) is 0 Å². The molecule has 0 aromatic heterocycles.